The van der Waals surface area contributed by atoms with Gasteiger partial charge in [0, 0.05) is 6.54 Å². The van der Waals surface area contributed by atoms with Gasteiger partial charge >= 0.3 is 0 Å². The Hall–Kier alpha value is -2.48. The van der Waals surface area contributed by atoms with Gasteiger partial charge in [-0.2, -0.15) is 10.4 Å². The molecule has 0 fully saturated rings. The minimum Gasteiger partial charge on any atom is -0.437 e. The fourth-order valence-electron chi connectivity index (χ4n) is 1.77. The van der Waals surface area contributed by atoms with Gasteiger partial charge in [-0.3, -0.25) is 0 Å². The average molecular weight is 256 g/mol. The van der Waals surface area contributed by atoms with E-state index in [9.17, 15) is 0 Å². The monoisotopic (exact) mass is 256 g/mol. The molecule has 0 aliphatic carbocycles. The van der Waals surface area contributed by atoms with Crippen LogP contribution in [0.1, 0.15) is 18.2 Å². The molecule has 0 amide bonds. The Morgan fingerprint density at radius 1 is 1.37 bits per heavy atom. The van der Waals surface area contributed by atoms with E-state index in [-0.39, 0.29) is 0 Å². The summed E-state index contributed by atoms with van der Waals surface area (Å²) in [5.41, 5.74) is 8.23. The van der Waals surface area contributed by atoms with Gasteiger partial charge in [0.2, 0.25) is 5.88 Å². The quantitative estimate of drug-likeness (QED) is 0.912. The highest BCUT2D eigenvalue weighted by Gasteiger charge is 2.13. The lowest BCUT2D eigenvalue weighted by molar-refractivity contribution is 0.418. The van der Waals surface area contributed by atoms with Crippen LogP contribution in [0.4, 0.5) is 5.69 Å². The van der Waals surface area contributed by atoms with Crippen LogP contribution in [0, 0.1) is 18.3 Å². The van der Waals surface area contributed by atoms with E-state index in [2.05, 4.69) is 11.2 Å². The van der Waals surface area contributed by atoms with Crippen molar-refractivity contribution in [2.24, 2.45) is 0 Å². The van der Waals surface area contributed by atoms with Crippen molar-refractivity contribution in [3.63, 3.8) is 0 Å². The number of hydrogen-bond donors (Lipinski definition) is 1. The van der Waals surface area contributed by atoms with Gasteiger partial charge in [0.1, 0.15) is 11.4 Å². The summed E-state index contributed by atoms with van der Waals surface area (Å²) in [6.45, 7) is 4.53. The minimum absolute atomic E-state index is 0.397. The van der Waals surface area contributed by atoms with E-state index in [1.165, 1.54) is 0 Å². The molecule has 0 bridgehead atoms. The van der Waals surface area contributed by atoms with Crippen molar-refractivity contribution in [3.05, 3.63) is 35.5 Å². The van der Waals surface area contributed by atoms with Crippen LogP contribution in [-0.4, -0.2) is 9.78 Å². The molecule has 0 radical (unpaired) electrons. The van der Waals surface area contributed by atoms with Crippen LogP contribution in [0.25, 0.3) is 0 Å². The highest BCUT2D eigenvalue weighted by atomic mass is 16.5. The Labute approximate surface area is 112 Å². The van der Waals surface area contributed by atoms with Crippen LogP contribution >= 0.6 is 0 Å². The molecule has 1 aromatic carbocycles. The van der Waals surface area contributed by atoms with Crippen LogP contribution in [0.2, 0.25) is 0 Å². The average Bonchev–Trinajstić information content (AvgIpc) is 2.69. The second-order valence-electron chi connectivity index (χ2n) is 4.20. The van der Waals surface area contributed by atoms with Crippen molar-refractivity contribution in [2.45, 2.75) is 26.8 Å². The highest BCUT2D eigenvalue weighted by Crippen LogP contribution is 2.29. The molecular weight excluding hydrogens is 240 g/mol. The van der Waals surface area contributed by atoms with E-state index >= 15 is 0 Å². The van der Waals surface area contributed by atoms with E-state index in [0.29, 0.717) is 30.3 Å². The number of nitrogens with two attached hydrogens (primary N) is 1. The zero-order valence-electron chi connectivity index (χ0n) is 11.1. The number of aryl methyl sites for hydroxylation is 2. The molecule has 0 saturated heterocycles. The van der Waals surface area contributed by atoms with Crippen LogP contribution < -0.4 is 10.5 Å². The Bertz CT molecular complexity index is 608. The van der Waals surface area contributed by atoms with Crippen molar-refractivity contribution < 1.29 is 4.74 Å². The van der Waals surface area contributed by atoms with Gasteiger partial charge < -0.3 is 10.5 Å². The maximum Gasteiger partial charge on any atom is 0.241 e. The number of hydrogen-bond acceptors (Lipinski definition) is 4. The van der Waals surface area contributed by atoms with E-state index in [1.807, 2.05) is 38.1 Å². The standard InChI is InChI=1S/C14H16N4O/c1-3-18-14(13(16)10(2)17-18)19-12-6-4-11(5-7-12)8-9-15/h4-7H,3,8,16H2,1-2H3. The molecule has 0 atom stereocenters. The molecule has 0 spiro atoms. The molecule has 0 unspecified atom stereocenters. The third-order valence-electron chi connectivity index (χ3n) is 2.85. The van der Waals surface area contributed by atoms with Crippen LogP contribution in [-0.2, 0) is 13.0 Å². The summed E-state index contributed by atoms with van der Waals surface area (Å²) >= 11 is 0. The lowest BCUT2D eigenvalue weighted by atomic mass is 10.2. The zero-order valence-corrected chi connectivity index (χ0v) is 11.1. The van der Waals surface area contributed by atoms with Crippen LogP contribution in [0.15, 0.2) is 24.3 Å². The molecule has 2 aromatic rings. The van der Waals surface area contributed by atoms with E-state index in [0.717, 1.165) is 11.3 Å². The molecule has 5 nitrogen and oxygen atoms in total. The predicted octanol–water partition coefficient (Wildman–Crippen LogP) is 2.65. The zero-order chi connectivity index (χ0) is 13.8. The van der Waals surface area contributed by atoms with Gasteiger partial charge in [-0.15, -0.1) is 0 Å². The first-order valence-corrected chi connectivity index (χ1v) is 6.12. The minimum atomic E-state index is 0.397. The first kappa shape index (κ1) is 13.0. The summed E-state index contributed by atoms with van der Waals surface area (Å²) in [5.74, 6) is 1.25. The number of rotatable bonds is 4. The second-order valence-corrected chi connectivity index (χ2v) is 4.20. The normalized spacial score (nSPS) is 10.2. The molecule has 98 valence electrons. The Morgan fingerprint density at radius 2 is 2.05 bits per heavy atom. The maximum atomic E-state index is 8.62. The topological polar surface area (TPSA) is 76.9 Å². The Balaban J connectivity index is 2.24. The van der Waals surface area contributed by atoms with E-state index in [4.69, 9.17) is 15.7 Å². The number of aromatic nitrogens is 2. The fraction of sp³-hybridized carbons (Fsp3) is 0.286. The molecule has 0 aliphatic rings. The predicted molar refractivity (Wildman–Crippen MR) is 72.9 cm³/mol. The molecular formula is C14H16N4O. The summed E-state index contributed by atoms with van der Waals surface area (Å²) < 4.78 is 7.51. The maximum absolute atomic E-state index is 8.62. The molecule has 0 aliphatic heterocycles. The van der Waals surface area contributed by atoms with Crippen molar-refractivity contribution >= 4 is 5.69 Å². The van der Waals surface area contributed by atoms with Crippen LogP contribution in [0.5, 0.6) is 11.6 Å². The summed E-state index contributed by atoms with van der Waals surface area (Å²) in [5, 5.41) is 12.9. The third kappa shape index (κ3) is 2.68. The number of anilines is 1. The van der Waals surface area contributed by atoms with Crippen LogP contribution in [0.3, 0.4) is 0 Å². The SMILES string of the molecule is CCn1nc(C)c(N)c1Oc1ccc(CC#N)cc1. The first-order chi connectivity index (χ1) is 9.15. The molecule has 1 heterocycles. The van der Waals surface area contributed by atoms with Crippen molar-refractivity contribution in [1.82, 2.24) is 9.78 Å². The molecule has 0 saturated carbocycles. The number of nitriles is 1. The van der Waals surface area contributed by atoms with Crippen molar-refractivity contribution in [3.8, 4) is 17.7 Å². The summed E-state index contributed by atoms with van der Waals surface area (Å²) in [4.78, 5) is 0. The largest absolute Gasteiger partial charge is 0.437 e. The Morgan fingerprint density at radius 3 is 2.63 bits per heavy atom. The van der Waals surface area contributed by atoms with E-state index in [1.54, 1.807) is 4.68 Å². The summed E-state index contributed by atoms with van der Waals surface area (Å²) in [6, 6.07) is 9.50. The third-order valence-corrected chi connectivity index (χ3v) is 2.85. The molecule has 2 N–H and O–H groups in total. The van der Waals surface area contributed by atoms with E-state index < -0.39 is 0 Å². The molecule has 2 rings (SSSR count). The number of ether oxygens (including phenoxy) is 1. The van der Waals surface area contributed by atoms with Gasteiger partial charge in [-0.05, 0) is 31.5 Å². The van der Waals surface area contributed by atoms with Gasteiger partial charge in [-0.25, -0.2) is 4.68 Å². The Kier molecular flexibility index (Phi) is 3.71. The van der Waals surface area contributed by atoms with Gasteiger partial charge in [0.05, 0.1) is 18.2 Å². The summed E-state index contributed by atoms with van der Waals surface area (Å²) in [6.07, 6.45) is 0.397. The number of nitrogen functional groups attached to an aromatic ring is 1. The smallest absolute Gasteiger partial charge is 0.241 e. The summed E-state index contributed by atoms with van der Waals surface area (Å²) in [7, 11) is 0. The van der Waals surface area contributed by atoms with Crippen molar-refractivity contribution in [1.29, 1.82) is 5.26 Å². The van der Waals surface area contributed by atoms with Gasteiger partial charge in [0.25, 0.3) is 0 Å². The van der Waals surface area contributed by atoms with Gasteiger partial charge in [-0.1, -0.05) is 12.1 Å². The number of benzene rings is 1. The van der Waals surface area contributed by atoms with Crippen molar-refractivity contribution in [2.75, 3.05) is 5.73 Å². The molecule has 5 heteroatoms. The highest BCUT2D eigenvalue weighted by molar-refractivity contribution is 5.54. The number of nitrogens with zero attached hydrogens (tertiary/aromatic N) is 3. The van der Waals surface area contributed by atoms with Gasteiger partial charge in [0.15, 0.2) is 0 Å². The molecule has 1 aromatic heterocycles. The molecule has 19 heavy (non-hydrogen) atoms. The second kappa shape index (κ2) is 5.44. The first-order valence-electron chi connectivity index (χ1n) is 6.12. The lowest BCUT2D eigenvalue weighted by Gasteiger charge is -2.08. The lowest BCUT2D eigenvalue weighted by Crippen LogP contribution is -2.00. The fourth-order valence-corrected chi connectivity index (χ4v) is 1.77.